The monoisotopic (exact) mass is 340 g/mol. The first-order valence-corrected chi connectivity index (χ1v) is 8.15. The maximum absolute atomic E-state index is 12.1. The van der Waals surface area contributed by atoms with Crippen molar-refractivity contribution in [3.8, 4) is 0 Å². The fraction of sp³-hybridized carbons (Fsp3) is 0.278. The highest BCUT2D eigenvalue weighted by Crippen LogP contribution is 2.26. The van der Waals surface area contributed by atoms with Gasteiger partial charge >= 0.3 is 0 Å². The first-order chi connectivity index (χ1) is 12.1. The number of hydrogen-bond donors (Lipinski definition) is 2. The molecule has 1 aliphatic rings. The Labute approximate surface area is 145 Å². The van der Waals surface area contributed by atoms with Gasteiger partial charge in [-0.3, -0.25) is 14.9 Å². The zero-order chi connectivity index (χ0) is 17.8. The Kier molecular flexibility index (Phi) is 4.83. The summed E-state index contributed by atoms with van der Waals surface area (Å²) in [5.41, 5.74) is 1.98. The zero-order valence-corrected chi connectivity index (χ0v) is 13.9. The van der Waals surface area contributed by atoms with Crippen molar-refractivity contribution >= 4 is 23.0 Å². The van der Waals surface area contributed by atoms with Gasteiger partial charge in [-0.15, -0.1) is 0 Å². The van der Waals surface area contributed by atoms with E-state index in [1.807, 2.05) is 18.2 Å². The lowest BCUT2D eigenvalue weighted by Crippen LogP contribution is -2.27. The van der Waals surface area contributed by atoms with Gasteiger partial charge in [-0.1, -0.05) is 18.2 Å². The zero-order valence-electron chi connectivity index (χ0n) is 13.9. The van der Waals surface area contributed by atoms with Gasteiger partial charge in [0.05, 0.1) is 10.5 Å². The van der Waals surface area contributed by atoms with Crippen LogP contribution in [0.3, 0.4) is 0 Å². The molecule has 25 heavy (non-hydrogen) atoms. The Hall–Kier alpha value is -3.09. The maximum Gasteiger partial charge on any atom is 0.270 e. The quantitative estimate of drug-likeness (QED) is 0.645. The van der Waals surface area contributed by atoms with Crippen molar-refractivity contribution in [3.63, 3.8) is 0 Å². The molecule has 2 aromatic rings. The number of benzene rings is 2. The number of para-hydroxylation sites is 1. The highest BCUT2D eigenvalue weighted by molar-refractivity contribution is 6.00. The minimum absolute atomic E-state index is 0.0958. The van der Waals surface area contributed by atoms with Gasteiger partial charge in [-0.25, -0.2) is 0 Å². The lowest BCUT2D eigenvalue weighted by molar-refractivity contribution is -0.384. The number of nitro benzene ring substituents is 1. The van der Waals surface area contributed by atoms with Gasteiger partial charge in [0.2, 0.25) is 0 Å². The van der Waals surface area contributed by atoms with Gasteiger partial charge in [0.25, 0.3) is 11.6 Å². The van der Waals surface area contributed by atoms with Crippen molar-refractivity contribution in [2.45, 2.75) is 12.5 Å². The number of carbonyl (C=O) groups is 1. The third kappa shape index (κ3) is 3.71. The van der Waals surface area contributed by atoms with Crippen LogP contribution in [0.15, 0.2) is 48.5 Å². The summed E-state index contributed by atoms with van der Waals surface area (Å²) in [6.45, 7) is 1.73. The van der Waals surface area contributed by atoms with Gasteiger partial charge in [0.15, 0.2) is 0 Å². The van der Waals surface area contributed by atoms with Gasteiger partial charge < -0.3 is 15.5 Å². The smallest absolute Gasteiger partial charge is 0.270 e. The van der Waals surface area contributed by atoms with E-state index in [-0.39, 0.29) is 23.2 Å². The maximum atomic E-state index is 12.1. The van der Waals surface area contributed by atoms with Crippen molar-refractivity contribution in [3.05, 3.63) is 64.2 Å². The molecule has 1 atom stereocenters. The fourth-order valence-corrected chi connectivity index (χ4v) is 3.07. The molecular weight excluding hydrogens is 320 g/mol. The lowest BCUT2D eigenvalue weighted by atomic mass is 10.1. The van der Waals surface area contributed by atoms with E-state index in [1.54, 1.807) is 6.07 Å². The van der Waals surface area contributed by atoms with Crippen LogP contribution in [0.4, 0.5) is 17.1 Å². The number of carbonyl (C=O) groups excluding carboxylic acids is 1. The molecule has 0 aliphatic carbocycles. The number of nitro groups is 1. The van der Waals surface area contributed by atoms with E-state index >= 15 is 0 Å². The summed E-state index contributed by atoms with van der Waals surface area (Å²) in [7, 11) is 1.51. The number of rotatable bonds is 5. The number of anilines is 2. The predicted molar refractivity (Wildman–Crippen MR) is 97.2 cm³/mol. The van der Waals surface area contributed by atoms with Crippen LogP contribution in [-0.2, 0) is 0 Å². The van der Waals surface area contributed by atoms with Crippen molar-refractivity contribution < 1.29 is 9.72 Å². The lowest BCUT2D eigenvalue weighted by Gasteiger charge is -2.20. The van der Waals surface area contributed by atoms with Crippen LogP contribution in [0.2, 0.25) is 0 Å². The van der Waals surface area contributed by atoms with Gasteiger partial charge in [-0.05, 0) is 24.6 Å². The molecule has 0 bridgehead atoms. The van der Waals surface area contributed by atoms with E-state index in [2.05, 4.69) is 27.7 Å². The van der Waals surface area contributed by atoms with Gasteiger partial charge in [0.1, 0.15) is 0 Å². The van der Waals surface area contributed by atoms with Gasteiger partial charge in [-0.2, -0.15) is 0 Å². The van der Waals surface area contributed by atoms with Crippen molar-refractivity contribution in [2.24, 2.45) is 0 Å². The first-order valence-electron chi connectivity index (χ1n) is 8.15. The van der Waals surface area contributed by atoms with E-state index in [1.165, 1.54) is 24.9 Å². The standard InChI is InChI=1S/C18H20N4O3/c1-19-18(23)16-11-15(22(24)25)7-8-17(16)20-13-9-10-21(12-13)14-5-3-2-4-6-14/h2-8,11,13,20H,9-10,12H2,1H3,(H,19,23). The number of nitrogens with one attached hydrogen (secondary N) is 2. The number of nitrogens with zero attached hydrogens (tertiary/aromatic N) is 2. The first kappa shape index (κ1) is 16.8. The Morgan fingerprint density at radius 1 is 1.24 bits per heavy atom. The van der Waals surface area contributed by atoms with Crippen LogP contribution in [0.25, 0.3) is 0 Å². The molecule has 130 valence electrons. The molecular formula is C18H20N4O3. The van der Waals surface area contributed by atoms with Crippen LogP contribution in [0.5, 0.6) is 0 Å². The second kappa shape index (κ2) is 7.21. The van der Waals surface area contributed by atoms with Crippen LogP contribution < -0.4 is 15.5 Å². The highest BCUT2D eigenvalue weighted by atomic mass is 16.6. The Morgan fingerprint density at radius 3 is 2.68 bits per heavy atom. The molecule has 0 saturated carbocycles. The normalized spacial score (nSPS) is 16.5. The molecule has 1 fully saturated rings. The molecule has 2 N–H and O–H groups in total. The highest BCUT2D eigenvalue weighted by Gasteiger charge is 2.24. The molecule has 1 unspecified atom stereocenters. The van der Waals surface area contributed by atoms with E-state index < -0.39 is 4.92 Å². The topological polar surface area (TPSA) is 87.5 Å². The molecule has 1 amide bonds. The van der Waals surface area contributed by atoms with Crippen molar-refractivity contribution in [1.82, 2.24) is 5.32 Å². The van der Waals surface area contributed by atoms with Crippen LogP contribution in [-0.4, -0.2) is 37.0 Å². The second-order valence-electron chi connectivity index (χ2n) is 5.98. The van der Waals surface area contributed by atoms with E-state index in [0.717, 1.165) is 19.5 Å². The third-order valence-corrected chi connectivity index (χ3v) is 4.35. The largest absolute Gasteiger partial charge is 0.380 e. The molecule has 1 aliphatic heterocycles. The summed E-state index contributed by atoms with van der Waals surface area (Å²) in [6.07, 6.45) is 0.930. The summed E-state index contributed by atoms with van der Waals surface area (Å²) < 4.78 is 0. The minimum atomic E-state index is -0.497. The molecule has 7 heteroatoms. The van der Waals surface area contributed by atoms with Crippen molar-refractivity contribution in [2.75, 3.05) is 30.4 Å². The number of non-ortho nitro benzene ring substituents is 1. The molecule has 3 rings (SSSR count). The Balaban J connectivity index is 1.77. The number of amides is 1. The SMILES string of the molecule is CNC(=O)c1cc([N+](=O)[O-])ccc1NC1CCN(c2ccccc2)C1. The van der Waals surface area contributed by atoms with Crippen LogP contribution in [0.1, 0.15) is 16.8 Å². The minimum Gasteiger partial charge on any atom is -0.380 e. The third-order valence-electron chi connectivity index (χ3n) is 4.35. The molecule has 7 nitrogen and oxygen atoms in total. The van der Waals surface area contributed by atoms with Gasteiger partial charge in [0, 0.05) is 49.7 Å². The average molecular weight is 340 g/mol. The van der Waals surface area contributed by atoms with Crippen molar-refractivity contribution in [1.29, 1.82) is 0 Å². The predicted octanol–water partition coefficient (Wildman–Crippen LogP) is 2.65. The molecule has 0 spiro atoms. The molecule has 1 saturated heterocycles. The van der Waals surface area contributed by atoms with Crippen LogP contribution in [0, 0.1) is 10.1 Å². The summed E-state index contributed by atoms with van der Waals surface area (Å²) in [5.74, 6) is -0.343. The number of hydrogen-bond acceptors (Lipinski definition) is 5. The average Bonchev–Trinajstić information content (AvgIpc) is 3.10. The summed E-state index contributed by atoms with van der Waals surface area (Å²) in [5, 5.41) is 16.9. The fourth-order valence-electron chi connectivity index (χ4n) is 3.07. The molecule has 0 radical (unpaired) electrons. The molecule has 2 aromatic carbocycles. The summed E-state index contributed by atoms with van der Waals surface area (Å²) in [4.78, 5) is 24.8. The Morgan fingerprint density at radius 2 is 2.00 bits per heavy atom. The molecule has 0 aromatic heterocycles. The Bertz CT molecular complexity index is 779. The van der Waals surface area contributed by atoms with E-state index in [0.29, 0.717) is 5.69 Å². The molecule has 1 heterocycles. The van der Waals surface area contributed by atoms with E-state index in [9.17, 15) is 14.9 Å². The second-order valence-corrected chi connectivity index (χ2v) is 5.98. The van der Waals surface area contributed by atoms with Crippen LogP contribution >= 0.6 is 0 Å². The summed E-state index contributed by atoms with van der Waals surface area (Å²) >= 11 is 0. The summed E-state index contributed by atoms with van der Waals surface area (Å²) in [6, 6.07) is 14.7. The van der Waals surface area contributed by atoms with E-state index in [4.69, 9.17) is 0 Å².